The molecule has 0 bridgehead atoms. The molecule has 3 fully saturated rings. The summed E-state index contributed by atoms with van der Waals surface area (Å²) in [6.07, 6.45) is -7.93. The number of carbonyl (C=O) groups is 15. The minimum absolute atomic E-state index is 0.0116. The van der Waals surface area contributed by atoms with Crippen molar-refractivity contribution in [3.63, 3.8) is 0 Å². The van der Waals surface area contributed by atoms with E-state index in [4.69, 9.17) is 15.2 Å². The second-order valence-corrected chi connectivity index (χ2v) is 30.9. The third-order valence-corrected chi connectivity index (χ3v) is 20.4. The number of rotatable bonds is 28. The van der Waals surface area contributed by atoms with Crippen LogP contribution in [-0.4, -0.2) is 281 Å². The van der Waals surface area contributed by atoms with Crippen molar-refractivity contribution >= 4 is 88.9 Å². The lowest BCUT2D eigenvalue weighted by molar-refractivity contribution is -0.155. The maximum Gasteiger partial charge on any atom is 0.407 e. The Morgan fingerprint density at radius 2 is 1.08 bits per heavy atom. The topological polar surface area (TPSA) is 601 Å². The van der Waals surface area contributed by atoms with Crippen LogP contribution in [0.3, 0.4) is 0 Å². The van der Waals surface area contributed by atoms with E-state index in [-0.39, 0.29) is 51.0 Å². The summed E-state index contributed by atoms with van der Waals surface area (Å²) < 4.78 is 11.4. The number of nitrogens with zero attached hydrogens (tertiary/aromatic N) is 2. The number of nitrogens with two attached hydrogens (primary N) is 1. The Labute approximate surface area is 685 Å². The van der Waals surface area contributed by atoms with Gasteiger partial charge in [-0.05, 0) is 95.9 Å². The monoisotopic (exact) mass is 1670 g/mol. The number of aromatic hydroxyl groups is 1. The standard InChI is InChI=1S/C79H122N14O25/c1-9-10-11-12-13-14-15-16-17-18-22-26-52-37-59(103)86-62(44(5)94)72(109)83-43(4)68(105)85-54(35-48-28-30-50(98)31-29-48)69(106)88-61(42(2)3)76(113)93-40-51(99)36-55(93)70(107)89-64(46(7)96)74(111)90-65(47(8)97)77(114)92-34-32-56(100)67(92)75(112)91-66(57(101)38-58(80)102)71(108)82-39-60(104)87-63(45(6)95)73(110)84-53(78(115)118-52)27-23-33-81-79(116)117-41-49-24-20-19-21-25-49/h19-21,24-25,28-31,42-47,51-57,61-67,94-101H,9-18,22-23,26-27,32-41H2,1-8H3,(H2,80,102)(H,81,116)(H,82,108)(H,83,109)(H,84,110)(H,85,105)(H,86,103)(H,87,104)(H,88,106)(H,89,107)(H,90,111)(H,91,112)/t43-,44-,45-,46-,47-,51-,52-,53+,54+,55+,56+,57-,61+,62-,63-,64-,65+,66+,67+/m1/s1. The lowest BCUT2D eigenvalue weighted by Gasteiger charge is -2.34. The highest BCUT2D eigenvalue weighted by Gasteiger charge is 2.49. The summed E-state index contributed by atoms with van der Waals surface area (Å²) in [6.45, 7) is 8.27. The van der Waals surface area contributed by atoms with Crippen molar-refractivity contribution in [3.05, 3.63) is 65.7 Å². The lowest BCUT2D eigenvalue weighted by atomic mass is 9.99. The van der Waals surface area contributed by atoms with Crippen LogP contribution in [-0.2, 0) is 89.6 Å². The molecule has 2 aromatic carbocycles. The molecule has 0 saturated carbocycles. The van der Waals surface area contributed by atoms with Crippen molar-refractivity contribution in [1.82, 2.24) is 68.3 Å². The summed E-state index contributed by atoms with van der Waals surface area (Å²) in [5.74, 6) is -17.5. The number of cyclic esters (lactones) is 1. The van der Waals surface area contributed by atoms with Crippen LogP contribution in [0, 0.1) is 5.92 Å². The van der Waals surface area contributed by atoms with Gasteiger partial charge in [-0.15, -0.1) is 0 Å². The van der Waals surface area contributed by atoms with Gasteiger partial charge in [-0.3, -0.25) is 62.3 Å². The van der Waals surface area contributed by atoms with Crippen LogP contribution in [0.25, 0.3) is 0 Å². The number of phenols is 1. The summed E-state index contributed by atoms with van der Waals surface area (Å²) in [4.78, 5) is 214. The minimum atomic E-state index is -2.25. The van der Waals surface area contributed by atoms with E-state index < -0.39 is 249 Å². The number of hydrogen-bond donors (Lipinski definition) is 20. The van der Waals surface area contributed by atoms with Gasteiger partial charge < -0.3 is 124 Å². The van der Waals surface area contributed by atoms with E-state index >= 15 is 0 Å². The maximum atomic E-state index is 14.8. The Hall–Kier alpha value is -10.2. The SMILES string of the molecule is CCCCCCCCCCCCC[C@@H]1CC(=O)N[C@H]([C@@H](C)O)C(=O)N[C@H](C)C(=O)N[C@@H](Cc2ccc(O)cc2)C(=O)N[C@@H](C(C)C)C(=O)N2C[C@H](O)C[C@H]2C(=O)N[C@H]([C@@H](C)O)C(=O)N[C@@H]([C@@H](C)O)C(=O)N2CC[C@H](O)[C@H]2C(=O)N[C@@H]([C@H](O)CC(N)=O)C(=O)NCC(=O)N[C@H]([C@@H](C)O)C(=O)N[C@@H](CCCNC(=O)OCc2ccccc2)C(=O)O1. The number of ether oxygens (including phenoxy) is 2. The largest absolute Gasteiger partial charge is 0.508 e. The molecule has 0 aliphatic carbocycles. The summed E-state index contributed by atoms with van der Waals surface area (Å²) in [5.41, 5.74) is 6.39. The van der Waals surface area contributed by atoms with Crippen LogP contribution in [0.2, 0.25) is 0 Å². The number of amides is 14. The Kier molecular flexibility index (Phi) is 41.1. The fraction of sp³-hybridized carbons (Fsp3) is 0.658. The number of phenolic OH excluding ortho intramolecular Hbond substituents is 1. The average Bonchev–Trinajstić information content (AvgIpc) is 1.64. The van der Waals surface area contributed by atoms with Gasteiger partial charge in [-0.2, -0.15) is 0 Å². The van der Waals surface area contributed by atoms with Gasteiger partial charge >= 0.3 is 12.1 Å². The second kappa shape index (κ2) is 49.3. The molecular formula is C79H122N14O25. The molecule has 3 aliphatic heterocycles. The third kappa shape index (κ3) is 31.9. The molecule has 21 N–H and O–H groups in total. The van der Waals surface area contributed by atoms with Crippen molar-refractivity contribution < 1.29 is 122 Å². The smallest absolute Gasteiger partial charge is 0.407 e. The molecule has 118 heavy (non-hydrogen) atoms. The Balaban J connectivity index is 1.56. The zero-order valence-corrected chi connectivity index (χ0v) is 68.2. The molecule has 39 nitrogen and oxygen atoms in total. The van der Waals surface area contributed by atoms with Crippen LogP contribution >= 0.6 is 0 Å². The van der Waals surface area contributed by atoms with E-state index in [2.05, 4.69) is 65.4 Å². The predicted molar refractivity (Wildman–Crippen MR) is 421 cm³/mol. The van der Waals surface area contributed by atoms with Crippen molar-refractivity contribution in [2.45, 2.75) is 299 Å². The Morgan fingerprint density at radius 1 is 0.551 bits per heavy atom. The van der Waals surface area contributed by atoms with Gasteiger partial charge in [-0.25, -0.2) is 9.59 Å². The zero-order valence-electron chi connectivity index (χ0n) is 68.2. The molecule has 19 atom stereocenters. The number of nitrogens with one attached hydrogen (secondary N) is 11. The first-order chi connectivity index (χ1) is 55.8. The number of fused-ring (bicyclic) bond motifs is 2. The highest BCUT2D eigenvalue weighted by atomic mass is 16.6. The summed E-state index contributed by atoms with van der Waals surface area (Å²) >= 11 is 0. The first kappa shape index (κ1) is 98.4. The maximum absolute atomic E-state index is 14.8. The van der Waals surface area contributed by atoms with E-state index in [1.807, 2.05) is 0 Å². The summed E-state index contributed by atoms with van der Waals surface area (Å²) in [6, 6.07) is -6.10. The number of hydrogen-bond acceptors (Lipinski definition) is 25. The lowest BCUT2D eigenvalue weighted by Crippen LogP contribution is -2.64. The quantitative estimate of drug-likeness (QED) is 0.0290. The number of carbonyl (C=O) groups excluding carboxylic acids is 15. The fourth-order valence-electron chi connectivity index (χ4n) is 13.7. The normalized spacial score (nSPS) is 26.6. The number of primary amides is 1. The highest BCUT2D eigenvalue weighted by Crippen LogP contribution is 2.25. The molecule has 2 aromatic rings. The Bertz CT molecular complexity index is 3690. The van der Waals surface area contributed by atoms with Gasteiger partial charge in [0.15, 0.2) is 0 Å². The van der Waals surface area contributed by atoms with Crippen LogP contribution in [0.5, 0.6) is 5.75 Å². The van der Waals surface area contributed by atoms with Crippen molar-refractivity contribution in [2.24, 2.45) is 11.7 Å². The van der Waals surface area contributed by atoms with E-state index in [1.165, 1.54) is 45.0 Å². The molecule has 0 aromatic heterocycles. The van der Waals surface area contributed by atoms with Gasteiger partial charge in [0, 0.05) is 32.5 Å². The molecule has 658 valence electrons. The van der Waals surface area contributed by atoms with Crippen LogP contribution in [0.15, 0.2) is 54.6 Å². The van der Waals surface area contributed by atoms with E-state index in [1.54, 1.807) is 30.3 Å². The average molecular weight is 1670 g/mol. The van der Waals surface area contributed by atoms with Crippen molar-refractivity contribution in [2.75, 3.05) is 26.2 Å². The number of alkyl carbamates (subject to hydrolysis) is 1. The minimum Gasteiger partial charge on any atom is -0.508 e. The molecule has 3 saturated heterocycles. The number of unbranched alkanes of at least 4 members (excludes halogenated alkanes) is 10. The number of aliphatic hydroxyl groups excluding tert-OH is 7. The number of esters is 1. The molecule has 3 aliphatic rings. The Morgan fingerprint density at radius 3 is 1.66 bits per heavy atom. The van der Waals surface area contributed by atoms with E-state index in [0.29, 0.717) is 28.9 Å². The molecule has 39 heteroatoms. The van der Waals surface area contributed by atoms with E-state index in [0.717, 1.165) is 90.4 Å². The molecular weight excluding hydrogens is 1540 g/mol. The van der Waals surface area contributed by atoms with Gasteiger partial charge in [0.1, 0.15) is 84.9 Å². The summed E-state index contributed by atoms with van der Waals surface area (Å²) in [7, 11) is 0. The zero-order chi connectivity index (χ0) is 87.6. The van der Waals surface area contributed by atoms with Crippen LogP contribution in [0.1, 0.15) is 182 Å². The molecule has 0 spiro atoms. The summed E-state index contributed by atoms with van der Waals surface area (Å²) in [5, 5.41) is 114. The predicted octanol–water partition coefficient (Wildman–Crippen LogP) is -3.50. The second-order valence-electron chi connectivity index (χ2n) is 30.9. The molecule has 5 rings (SSSR count). The molecule has 0 unspecified atom stereocenters. The highest BCUT2D eigenvalue weighted by molar-refractivity contribution is 6.00. The van der Waals surface area contributed by atoms with Gasteiger partial charge in [-0.1, -0.05) is 127 Å². The van der Waals surface area contributed by atoms with Gasteiger partial charge in [0.2, 0.25) is 76.8 Å². The van der Waals surface area contributed by atoms with Crippen molar-refractivity contribution in [1.29, 1.82) is 0 Å². The molecule has 3 heterocycles. The molecule has 0 radical (unpaired) electrons. The third-order valence-electron chi connectivity index (χ3n) is 20.4. The first-order valence-corrected chi connectivity index (χ1v) is 40.4. The van der Waals surface area contributed by atoms with Crippen LogP contribution < -0.4 is 64.2 Å². The van der Waals surface area contributed by atoms with Gasteiger partial charge in [0.05, 0.1) is 62.1 Å². The molecule has 14 amide bonds. The van der Waals surface area contributed by atoms with Gasteiger partial charge in [0.25, 0.3) is 0 Å². The van der Waals surface area contributed by atoms with E-state index in [9.17, 15) is 113 Å². The fourth-order valence-corrected chi connectivity index (χ4v) is 13.7. The van der Waals surface area contributed by atoms with Crippen LogP contribution in [0.4, 0.5) is 4.79 Å². The first-order valence-electron chi connectivity index (χ1n) is 40.4. The van der Waals surface area contributed by atoms with Crippen molar-refractivity contribution in [3.8, 4) is 5.75 Å². The number of benzene rings is 2. The number of aliphatic hydroxyl groups is 7.